The van der Waals surface area contributed by atoms with Gasteiger partial charge in [-0.3, -0.25) is 0 Å². The van der Waals surface area contributed by atoms with Crippen LogP contribution >= 0.6 is 0 Å². The molecule has 0 aromatic heterocycles. The van der Waals surface area contributed by atoms with Gasteiger partial charge in [0.2, 0.25) is 0 Å². The minimum atomic E-state index is -1.99. The van der Waals surface area contributed by atoms with Crippen molar-refractivity contribution < 1.29 is 23.9 Å². The van der Waals surface area contributed by atoms with Crippen LogP contribution in [-0.2, 0) is 23.9 Å². The zero-order valence-corrected chi connectivity index (χ0v) is 25.7. The minimum absolute atomic E-state index is 0.0590. The van der Waals surface area contributed by atoms with Crippen molar-refractivity contribution in [1.29, 1.82) is 0 Å². The first-order valence-electron chi connectivity index (χ1n) is 13.0. The molecule has 1 aliphatic carbocycles. The van der Waals surface area contributed by atoms with Gasteiger partial charge < -0.3 is 0 Å². The van der Waals surface area contributed by atoms with Crippen molar-refractivity contribution in [3.05, 3.63) is 70.3 Å². The number of para-hydroxylation sites is 1. The molecule has 1 spiro atoms. The fourth-order valence-electron chi connectivity index (χ4n) is 5.63. The summed E-state index contributed by atoms with van der Waals surface area (Å²) in [4.78, 5) is 43.4. The second kappa shape index (κ2) is 9.02. The van der Waals surface area contributed by atoms with E-state index in [4.69, 9.17) is 9.47 Å². The van der Waals surface area contributed by atoms with E-state index in [0.29, 0.717) is 5.69 Å². The molecule has 6 nitrogen and oxygen atoms in total. The summed E-state index contributed by atoms with van der Waals surface area (Å²) < 4.78 is 15.1. The molecule has 2 amide bonds. The van der Waals surface area contributed by atoms with Crippen LogP contribution in [0, 0.1) is 17.3 Å². The molecular formula is C30H35NO5SeSi. The van der Waals surface area contributed by atoms with Gasteiger partial charge in [-0.05, 0) is 0 Å². The van der Waals surface area contributed by atoms with E-state index < -0.39 is 48.6 Å². The Balaban J connectivity index is 1.72. The van der Waals surface area contributed by atoms with Crippen molar-refractivity contribution in [1.82, 2.24) is 0 Å². The average Bonchev–Trinajstić information content (AvgIpc) is 3.41. The number of benzene rings is 2. The average molecular weight is 597 g/mol. The molecule has 4 atom stereocenters. The standard InChI is InChI=1S/C30H35NO5SeSi/c1-28(2,3)29(4)35-27(34)30(36-29)18-21(26(38(5,6)7)37-20-16-12-9-13-17-20)22-23(30)25(33)31(24(22)32)19-14-10-8-11-15-19/h8-17,22-23H,18H2,1-7H3/b26-21+/t22-,23+,29-,30-/m1/s1. The molecule has 8 heteroatoms. The van der Waals surface area contributed by atoms with E-state index in [0.717, 1.165) is 5.57 Å². The van der Waals surface area contributed by atoms with Gasteiger partial charge >= 0.3 is 232 Å². The van der Waals surface area contributed by atoms with Crippen molar-refractivity contribution in [2.45, 2.75) is 65.1 Å². The molecule has 38 heavy (non-hydrogen) atoms. The summed E-state index contributed by atoms with van der Waals surface area (Å²) in [5.41, 5.74) is -0.644. The molecule has 3 fully saturated rings. The number of amides is 2. The molecular weight excluding hydrogens is 561 g/mol. The van der Waals surface area contributed by atoms with Gasteiger partial charge in [0, 0.05) is 0 Å². The Morgan fingerprint density at radius 1 is 0.947 bits per heavy atom. The third kappa shape index (κ3) is 4.13. The van der Waals surface area contributed by atoms with Gasteiger partial charge in [0.15, 0.2) is 0 Å². The monoisotopic (exact) mass is 597 g/mol. The maximum absolute atomic E-state index is 14.2. The van der Waals surface area contributed by atoms with Crippen molar-refractivity contribution in [3.63, 3.8) is 0 Å². The van der Waals surface area contributed by atoms with Crippen LogP contribution in [0.2, 0.25) is 19.6 Å². The van der Waals surface area contributed by atoms with Crippen LogP contribution in [0.25, 0.3) is 0 Å². The van der Waals surface area contributed by atoms with E-state index in [1.54, 1.807) is 31.2 Å². The van der Waals surface area contributed by atoms with Crippen LogP contribution in [0.15, 0.2) is 70.3 Å². The molecule has 1 saturated carbocycles. The number of anilines is 1. The summed E-state index contributed by atoms with van der Waals surface area (Å²) in [6, 6.07) is 19.2. The number of hydrogen-bond acceptors (Lipinski definition) is 5. The molecule has 2 saturated heterocycles. The second-order valence-corrected chi connectivity index (χ2v) is 20.7. The summed E-state index contributed by atoms with van der Waals surface area (Å²) in [5, 5.41) is 0. The topological polar surface area (TPSA) is 72.9 Å². The molecule has 3 aliphatic rings. The molecule has 2 heterocycles. The Hall–Kier alpha value is -2.51. The number of carbonyl (C=O) groups is 3. The zero-order chi connectivity index (χ0) is 27.7. The van der Waals surface area contributed by atoms with Gasteiger partial charge in [-0.15, -0.1) is 0 Å². The van der Waals surface area contributed by atoms with E-state index >= 15 is 0 Å². The molecule has 5 rings (SSSR count). The molecule has 0 N–H and O–H groups in total. The van der Waals surface area contributed by atoms with Gasteiger partial charge in [-0.25, -0.2) is 0 Å². The molecule has 2 aromatic rings. The number of imide groups is 1. The number of nitrogens with zero attached hydrogens (tertiary/aromatic N) is 1. The van der Waals surface area contributed by atoms with Crippen molar-refractivity contribution in [2.24, 2.45) is 17.3 Å². The third-order valence-corrected chi connectivity index (χ3v) is 16.1. The predicted octanol–water partition coefficient (Wildman–Crippen LogP) is 4.43. The number of cyclic esters (lactones) is 1. The second-order valence-electron chi connectivity index (χ2n) is 12.6. The molecule has 200 valence electrons. The first kappa shape index (κ1) is 27.1. The van der Waals surface area contributed by atoms with Gasteiger partial charge in [0.25, 0.3) is 0 Å². The number of ether oxygens (including phenoxy) is 2. The fraction of sp³-hybridized carbons (Fsp3) is 0.433. The molecule has 2 aromatic carbocycles. The first-order chi connectivity index (χ1) is 17.7. The molecule has 0 bridgehead atoms. The Morgan fingerprint density at radius 2 is 1.53 bits per heavy atom. The van der Waals surface area contributed by atoms with E-state index in [9.17, 15) is 14.4 Å². The Morgan fingerprint density at radius 3 is 2.05 bits per heavy atom. The summed E-state index contributed by atoms with van der Waals surface area (Å²) in [5.74, 6) is -4.14. The van der Waals surface area contributed by atoms with Gasteiger partial charge in [-0.2, -0.15) is 0 Å². The van der Waals surface area contributed by atoms with Crippen LogP contribution in [0.4, 0.5) is 5.69 Å². The molecule has 0 radical (unpaired) electrons. The fourth-order valence-corrected chi connectivity index (χ4v) is 11.5. The maximum atomic E-state index is 14.2. The Labute approximate surface area is 231 Å². The van der Waals surface area contributed by atoms with Crippen LogP contribution in [0.1, 0.15) is 34.1 Å². The van der Waals surface area contributed by atoms with Crippen LogP contribution in [0.5, 0.6) is 0 Å². The Bertz CT molecular complexity index is 1330. The van der Waals surface area contributed by atoms with Crippen LogP contribution in [0.3, 0.4) is 0 Å². The predicted molar refractivity (Wildman–Crippen MR) is 151 cm³/mol. The van der Waals surface area contributed by atoms with Crippen molar-refractivity contribution >= 4 is 51.0 Å². The van der Waals surface area contributed by atoms with Crippen molar-refractivity contribution in [3.8, 4) is 0 Å². The summed E-state index contributed by atoms with van der Waals surface area (Å²) in [7, 11) is -1.99. The van der Waals surface area contributed by atoms with Gasteiger partial charge in [0.05, 0.1) is 0 Å². The summed E-state index contributed by atoms with van der Waals surface area (Å²) in [6.45, 7) is 14.4. The van der Waals surface area contributed by atoms with E-state index in [1.807, 2.05) is 45.0 Å². The normalized spacial score (nSPS) is 30.7. The number of fused-ring (bicyclic) bond motifs is 2. The van der Waals surface area contributed by atoms with Crippen LogP contribution in [-0.4, -0.2) is 52.2 Å². The number of esters is 1. The van der Waals surface area contributed by atoms with Gasteiger partial charge in [0.1, 0.15) is 0 Å². The third-order valence-electron chi connectivity index (χ3n) is 7.96. The zero-order valence-electron chi connectivity index (χ0n) is 23.0. The van der Waals surface area contributed by atoms with E-state index in [1.165, 1.54) is 13.5 Å². The molecule has 2 aliphatic heterocycles. The van der Waals surface area contributed by atoms with Crippen LogP contribution < -0.4 is 9.36 Å². The van der Waals surface area contributed by atoms with Crippen molar-refractivity contribution in [2.75, 3.05) is 4.90 Å². The number of rotatable bonds is 4. The first-order valence-corrected chi connectivity index (χ1v) is 18.2. The van der Waals surface area contributed by atoms with Gasteiger partial charge in [-0.1, -0.05) is 0 Å². The Kier molecular flexibility index (Phi) is 6.42. The number of hydrogen-bond donors (Lipinski definition) is 0. The SMILES string of the molecule is CC(C)(C)[C@]1(C)OC(=O)[C@]2(C/C(=C(/[Se]c3ccccc3)[Si](C)(C)C)[C@H]3C(=O)N(c4ccccc4)C(=O)[C@H]32)O1. The molecule has 0 unspecified atom stereocenters. The quantitative estimate of drug-likeness (QED) is 0.297. The van der Waals surface area contributed by atoms with E-state index in [2.05, 4.69) is 31.8 Å². The number of carbonyl (C=O) groups excluding carboxylic acids is 3. The summed E-state index contributed by atoms with van der Waals surface area (Å²) in [6.07, 6.45) is 0.209. The summed E-state index contributed by atoms with van der Waals surface area (Å²) >= 11 is -0.0590. The van der Waals surface area contributed by atoms with E-state index in [-0.39, 0.29) is 27.3 Å².